The number of carbonyl (C=O) groups is 2. The summed E-state index contributed by atoms with van der Waals surface area (Å²) in [4.78, 5) is 20.2. The van der Waals surface area contributed by atoms with E-state index in [9.17, 15) is 9.59 Å². The van der Waals surface area contributed by atoms with Gasteiger partial charge in [0.2, 0.25) is 0 Å². The van der Waals surface area contributed by atoms with Crippen LogP contribution in [-0.2, 0) is 9.59 Å². The molecule has 4 nitrogen and oxygen atoms in total. The number of unbranched alkanes of at least 4 members (excludes halogenated alkanes) is 6. The minimum absolute atomic E-state index is 0.290. The Balaban J connectivity index is 0. The number of aliphatic carboxylic acids is 2. The van der Waals surface area contributed by atoms with Gasteiger partial charge in [-0.2, -0.15) is 0 Å². The van der Waals surface area contributed by atoms with Crippen molar-refractivity contribution in [3.8, 4) is 0 Å². The van der Waals surface area contributed by atoms with Crippen molar-refractivity contribution in [1.82, 2.24) is 0 Å². The lowest BCUT2D eigenvalue weighted by atomic mass is 10.2. The van der Waals surface area contributed by atoms with Crippen LogP contribution in [0, 0.1) is 0 Å². The Kier molecular flexibility index (Phi) is 22.0. The molecule has 0 bridgehead atoms. The van der Waals surface area contributed by atoms with E-state index in [0.717, 1.165) is 38.5 Å². The Hall–Kier alpha value is -1.58. The third-order valence-corrected chi connectivity index (χ3v) is 3.30. The van der Waals surface area contributed by atoms with E-state index >= 15 is 0 Å². The molecule has 0 fully saturated rings. The molecule has 0 spiro atoms. The molecule has 0 aliphatic heterocycles. The number of hydrogen-bond donors (Lipinski definition) is 2. The summed E-state index contributed by atoms with van der Waals surface area (Å²) in [7, 11) is 0. The maximum Gasteiger partial charge on any atom is 0.303 e. The first-order valence-corrected chi connectivity index (χ1v) is 9.28. The Labute approximate surface area is 147 Å². The van der Waals surface area contributed by atoms with E-state index in [2.05, 4.69) is 38.2 Å². The van der Waals surface area contributed by atoms with Gasteiger partial charge in [0.1, 0.15) is 0 Å². The number of allylic oxidation sites excluding steroid dienone is 4. The number of rotatable bonds is 14. The summed E-state index contributed by atoms with van der Waals surface area (Å²) in [6.45, 7) is 4.33. The van der Waals surface area contributed by atoms with Gasteiger partial charge in [-0.3, -0.25) is 9.59 Å². The van der Waals surface area contributed by atoms with Crippen molar-refractivity contribution in [2.75, 3.05) is 0 Å². The lowest BCUT2D eigenvalue weighted by molar-refractivity contribution is -0.138. The zero-order valence-corrected chi connectivity index (χ0v) is 15.5. The van der Waals surface area contributed by atoms with E-state index in [4.69, 9.17) is 10.2 Å². The minimum atomic E-state index is -0.697. The summed E-state index contributed by atoms with van der Waals surface area (Å²) in [5.74, 6) is -1.39. The second kappa shape index (κ2) is 21.4. The molecule has 0 heterocycles. The van der Waals surface area contributed by atoms with Crippen LogP contribution < -0.4 is 0 Å². The van der Waals surface area contributed by atoms with Gasteiger partial charge in [0.05, 0.1) is 0 Å². The van der Waals surface area contributed by atoms with Crippen molar-refractivity contribution in [2.24, 2.45) is 0 Å². The molecule has 24 heavy (non-hydrogen) atoms. The molecule has 0 amide bonds. The van der Waals surface area contributed by atoms with Crippen LogP contribution in [0.5, 0.6) is 0 Å². The van der Waals surface area contributed by atoms with Crippen molar-refractivity contribution in [2.45, 2.75) is 90.9 Å². The monoisotopic (exact) mass is 340 g/mol. The lowest BCUT2D eigenvalue weighted by Gasteiger charge is -1.91. The Morgan fingerprint density at radius 1 is 0.625 bits per heavy atom. The fourth-order valence-corrected chi connectivity index (χ4v) is 1.86. The van der Waals surface area contributed by atoms with Gasteiger partial charge >= 0.3 is 11.9 Å². The van der Waals surface area contributed by atoms with Gasteiger partial charge < -0.3 is 10.2 Å². The second-order valence-corrected chi connectivity index (χ2v) is 5.80. The van der Waals surface area contributed by atoms with E-state index in [1.54, 1.807) is 0 Å². The van der Waals surface area contributed by atoms with Crippen LogP contribution in [0.3, 0.4) is 0 Å². The van der Waals surface area contributed by atoms with Crippen molar-refractivity contribution in [3.05, 3.63) is 24.3 Å². The normalized spacial score (nSPS) is 10.8. The largest absolute Gasteiger partial charge is 0.481 e. The van der Waals surface area contributed by atoms with Crippen molar-refractivity contribution < 1.29 is 19.8 Å². The average Bonchev–Trinajstić information content (AvgIpc) is 2.53. The topological polar surface area (TPSA) is 74.6 Å². The van der Waals surface area contributed by atoms with E-state index in [1.165, 1.54) is 25.7 Å². The van der Waals surface area contributed by atoms with Crippen LogP contribution >= 0.6 is 0 Å². The maximum atomic E-state index is 10.1. The molecule has 0 aromatic rings. The summed E-state index contributed by atoms with van der Waals surface area (Å²) < 4.78 is 0. The maximum absolute atomic E-state index is 10.1. The first kappa shape index (κ1) is 24.7. The molecule has 140 valence electrons. The highest BCUT2D eigenvalue weighted by Gasteiger charge is 1.93. The van der Waals surface area contributed by atoms with Crippen LogP contribution in [0.15, 0.2) is 24.3 Å². The fourth-order valence-electron chi connectivity index (χ4n) is 1.86. The highest BCUT2D eigenvalue weighted by molar-refractivity contribution is 5.66. The number of hydrogen-bond acceptors (Lipinski definition) is 2. The minimum Gasteiger partial charge on any atom is -0.481 e. The Bertz CT molecular complexity index is 312. The zero-order chi connectivity index (χ0) is 18.5. The SMILES string of the molecule is CCCCC=CCCCC(=O)O.CCCCC=CCCCC(=O)O. The van der Waals surface area contributed by atoms with Crippen LogP contribution in [0.1, 0.15) is 90.9 Å². The van der Waals surface area contributed by atoms with Crippen molar-refractivity contribution >= 4 is 11.9 Å². The molecule has 4 heteroatoms. The first-order valence-electron chi connectivity index (χ1n) is 9.28. The van der Waals surface area contributed by atoms with Crippen LogP contribution in [0.4, 0.5) is 0 Å². The molecule has 0 aliphatic carbocycles. The van der Waals surface area contributed by atoms with E-state index in [0.29, 0.717) is 0 Å². The predicted octanol–water partition coefficient (Wildman–Crippen LogP) is 5.98. The molecule has 0 aromatic heterocycles. The molecule has 0 unspecified atom stereocenters. The molecule has 0 aromatic carbocycles. The molecular formula is C20H36O4. The fraction of sp³-hybridized carbons (Fsp3) is 0.700. The second-order valence-electron chi connectivity index (χ2n) is 5.80. The lowest BCUT2D eigenvalue weighted by Crippen LogP contribution is -1.92. The van der Waals surface area contributed by atoms with Gasteiger partial charge in [0.15, 0.2) is 0 Å². The molecule has 0 aliphatic rings. The number of carboxylic acid groups (broad SMARTS) is 2. The van der Waals surface area contributed by atoms with Crippen LogP contribution in [0.25, 0.3) is 0 Å². The van der Waals surface area contributed by atoms with Gasteiger partial charge in [0.25, 0.3) is 0 Å². The van der Waals surface area contributed by atoms with Gasteiger partial charge in [-0.1, -0.05) is 63.8 Å². The molecule has 2 N–H and O–H groups in total. The van der Waals surface area contributed by atoms with E-state index in [1.807, 2.05) is 0 Å². The summed E-state index contributed by atoms with van der Waals surface area (Å²) in [5.41, 5.74) is 0. The quantitative estimate of drug-likeness (QED) is 0.301. The first-order chi connectivity index (χ1) is 11.5. The Morgan fingerprint density at radius 2 is 0.917 bits per heavy atom. The summed E-state index contributed by atoms with van der Waals surface area (Å²) in [5, 5.41) is 16.7. The van der Waals surface area contributed by atoms with Gasteiger partial charge in [-0.25, -0.2) is 0 Å². The third-order valence-electron chi connectivity index (χ3n) is 3.30. The summed E-state index contributed by atoms with van der Waals surface area (Å²) in [6, 6.07) is 0. The van der Waals surface area contributed by atoms with Gasteiger partial charge in [-0.15, -0.1) is 0 Å². The number of carboxylic acids is 2. The molecule has 0 saturated carbocycles. The molecular weight excluding hydrogens is 304 g/mol. The summed E-state index contributed by atoms with van der Waals surface area (Å²) >= 11 is 0. The molecule has 0 rings (SSSR count). The van der Waals surface area contributed by atoms with Crippen molar-refractivity contribution in [1.29, 1.82) is 0 Å². The Morgan fingerprint density at radius 3 is 1.17 bits per heavy atom. The van der Waals surface area contributed by atoms with E-state index < -0.39 is 11.9 Å². The van der Waals surface area contributed by atoms with Crippen LogP contribution in [-0.4, -0.2) is 22.2 Å². The average molecular weight is 341 g/mol. The van der Waals surface area contributed by atoms with Gasteiger partial charge in [-0.05, 0) is 38.5 Å². The van der Waals surface area contributed by atoms with Gasteiger partial charge in [0, 0.05) is 12.8 Å². The smallest absolute Gasteiger partial charge is 0.303 e. The summed E-state index contributed by atoms with van der Waals surface area (Å²) in [6.07, 6.45) is 19.5. The molecule has 0 atom stereocenters. The molecule has 0 radical (unpaired) electrons. The highest BCUT2D eigenvalue weighted by Crippen LogP contribution is 2.01. The zero-order valence-electron chi connectivity index (χ0n) is 15.5. The predicted molar refractivity (Wildman–Crippen MR) is 100 cm³/mol. The standard InChI is InChI=1S/2C10H18O2/c2*1-2-3-4-5-6-7-8-9-10(11)12/h2*5-6H,2-4,7-9H2,1H3,(H,11,12). The van der Waals surface area contributed by atoms with Crippen LogP contribution in [0.2, 0.25) is 0 Å². The van der Waals surface area contributed by atoms with E-state index in [-0.39, 0.29) is 12.8 Å². The highest BCUT2D eigenvalue weighted by atomic mass is 16.4. The third kappa shape index (κ3) is 28.6. The van der Waals surface area contributed by atoms with Crippen molar-refractivity contribution in [3.63, 3.8) is 0 Å². The molecule has 0 saturated heterocycles.